The van der Waals surface area contributed by atoms with E-state index in [9.17, 15) is 4.79 Å². The molecule has 2 N–H and O–H groups in total. The van der Waals surface area contributed by atoms with Crippen molar-refractivity contribution in [1.82, 2.24) is 9.66 Å². The minimum absolute atomic E-state index is 0.199. The highest BCUT2D eigenvalue weighted by Crippen LogP contribution is 2.25. The van der Waals surface area contributed by atoms with Crippen LogP contribution in [0.1, 0.15) is 49.4 Å². The number of esters is 1. The number of aromatic nitrogens is 2. The maximum absolute atomic E-state index is 11.6. The number of carbonyl (C=O) groups is 1. The van der Waals surface area contributed by atoms with E-state index < -0.39 is 5.97 Å². The van der Waals surface area contributed by atoms with E-state index in [1.807, 2.05) is 11.6 Å². The molecule has 0 aliphatic carbocycles. The van der Waals surface area contributed by atoms with Gasteiger partial charge in [0, 0.05) is 12.1 Å². The molecular weight excluding hydrogens is 244 g/mol. The summed E-state index contributed by atoms with van der Waals surface area (Å²) < 4.78 is 6.58. The molecule has 1 aromatic rings. The first-order chi connectivity index (χ1) is 8.97. The molecule has 0 amide bonds. The molecule has 1 aromatic heterocycles. The van der Waals surface area contributed by atoms with E-state index in [-0.39, 0.29) is 5.69 Å². The summed E-state index contributed by atoms with van der Waals surface area (Å²) in [6.07, 6.45) is 3.46. The summed E-state index contributed by atoms with van der Waals surface area (Å²) in [7, 11) is 1.34. The molecule has 19 heavy (non-hydrogen) atoms. The Morgan fingerprint density at radius 3 is 2.47 bits per heavy atom. The van der Waals surface area contributed by atoms with Crippen LogP contribution in [0.5, 0.6) is 0 Å². The second kappa shape index (κ2) is 5.11. The number of piperidine rings is 1. The highest BCUT2D eigenvalue weighted by molar-refractivity contribution is 5.92. The molecule has 0 saturated carbocycles. The largest absolute Gasteiger partial charge is 0.464 e. The molecule has 0 spiro atoms. The van der Waals surface area contributed by atoms with E-state index >= 15 is 0 Å². The average molecular weight is 266 g/mol. The van der Waals surface area contributed by atoms with Crippen molar-refractivity contribution in [1.29, 1.82) is 0 Å². The number of aryl methyl sites for hydroxylation is 1. The second-order valence-corrected chi connectivity index (χ2v) is 5.21. The standard InChI is InChI=1S/C13H22N4O2/c1-8-6-5-7-9(2)16(8)17-10(3)15-11(12(17)14)13(18)19-4/h8-9H,5-7,14H2,1-4H3. The first kappa shape index (κ1) is 13.7. The third kappa shape index (κ3) is 2.27. The van der Waals surface area contributed by atoms with Gasteiger partial charge in [0.05, 0.1) is 7.11 Å². The maximum Gasteiger partial charge on any atom is 0.360 e. The first-order valence-corrected chi connectivity index (χ1v) is 6.69. The number of nitrogens with two attached hydrogens (primary N) is 1. The van der Waals surface area contributed by atoms with E-state index in [4.69, 9.17) is 10.5 Å². The first-order valence-electron chi connectivity index (χ1n) is 6.69. The van der Waals surface area contributed by atoms with E-state index in [0.29, 0.717) is 17.9 Å². The predicted molar refractivity (Wildman–Crippen MR) is 73.7 cm³/mol. The Bertz CT molecular complexity index is 473. The van der Waals surface area contributed by atoms with E-state index in [0.717, 1.165) is 18.7 Å². The minimum Gasteiger partial charge on any atom is -0.464 e. The van der Waals surface area contributed by atoms with Crippen LogP contribution in [0, 0.1) is 6.92 Å². The molecule has 2 atom stereocenters. The van der Waals surface area contributed by atoms with Crippen molar-refractivity contribution in [3.05, 3.63) is 11.5 Å². The fraction of sp³-hybridized carbons (Fsp3) is 0.692. The fourth-order valence-electron chi connectivity index (χ4n) is 2.88. The zero-order chi connectivity index (χ0) is 14.2. The van der Waals surface area contributed by atoms with Gasteiger partial charge in [-0.15, -0.1) is 0 Å². The molecule has 0 radical (unpaired) electrons. The molecule has 1 fully saturated rings. The topological polar surface area (TPSA) is 73.4 Å². The van der Waals surface area contributed by atoms with Crippen molar-refractivity contribution in [2.24, 2.45) is 0 Å². The van der Waals surface area contributed by atoms with Crippen molar-refractivity contribution >= 4 is 11.8 Å². The van der Waals surface area contributed by atoms with Gasteiger partial charge in [0.2, 0.25) is 0 Å². The Morgan fingerprint density at radius 2 is 1.95 bits per heavy atom. The number of rotatable bonds is 2. The number of imidazole rings is 1. The monoisotopic (exact) mass is 266 g/mol. The van der Waals surface area contributed by atoms with Crippen LogP contribution in [-0.4, -0.2) is 34.8 Å². The van der Waals surface area contributed by atoms with E-state index in [1.165, 1.54) is 13.5 Å². The van der Waals surface area contributed by atoms with Crippen LogP contribution in [0.15, 0.2) is 0 Å². The second-order valence-electron chi connectivity index (χ2n) is 5.21. The molecule has 1 saturated heterocycles. The van der Waals surface area contributed by atoms with Gasteiger partial charge in [-0.2, -0.15) is 0 Å². The van der Waals surface area contributed by atoms with Gasteiger partial charge >= 0.3 is 5.97 Å². The number of hydrogen-bond donors (Lipinski definition) is 1. The van der Waals surface area contributed by atoms with Crippen LogP contribution in [0.25, 0.3) is 0 Å². The summed E-state index contributed by atoms with van der Waals surface area (Å²) in [5, 5.41) is 2.22. The molecular formula is C13H22N4O2. The lowest BCUT2D eigenvalue weighted by Crippen LogP contribution is -2.51. The molecule has 2 rings (SSSR count). The molecule has 6 heteroatoms. The van der Waals surface area contributed by atoms with Gasteiger partial charge in [0.1, 0.15) is 5.82 Å². The van der Waals surface area contributed by atoms with Crippen molar-refractivity contribution in [3.8, 4) is 0 Å². The van der Waals surface area contributed by atoms with E-state index in [1.54, 1.807) is 0 Å². The smallest absolute Gasteiger partial charge is 0.360 e. The third-order valence-electron chi connectivity index (χ3n) is 3.81. The van der Waals surface area contributed by atoms with Crippen LogP contribution in [0.3, 0.4) is 0 Å². The van der Waals surface area contributed by atoms with Gasteiger partial charge in [-0.3, -0.25) is 0 Å². The quantitative estimate of drug-likeness (QED) is 0.820. The number of ether oxygens (including phenoxy) is 1. The molecule has 2 heterocycles. The lowest BCUT2D eigenvalue weighted by Gasteiger charge is -2.42. The number of carbonyl (C=O) groups excluding carboxylic acids is 1. The van der Waals surface area contributed by atoms with Crippen molar-refractivity contribution in [2.45, 2.75) is 52.1 Å². The van der Waals surface area contributed by atoms with Gasteiger partial charge in [-0.1, -0.05) is 0 Å². The normalized spacial score (nSPS) is 23.5. The summed E-state index contributed by atoms with van der Waals surface area (Å²) in [5.74, 6) is 0.597. The zero-order valence-corrected chi connectivity index (χ0v) is 12.0. The summed E-state index contributed by atoms with van der Waals surface area (Å²) in [6, 6.07) is 0.758. The van der Waals surface area contributed by atoms with Crippen molar-refractivity contribution in [2.75, 3.05) is 17.9 Å². The number of nitrogen functional groups attached to an aromatic ring is 1. The molecule has 0 bridgehead atoms. The Hall–Kier alpha value is -1.72. The van der Waals surface area contributed by atoms with Crippen molar-refractivity contribution < 1.29 is 9.53 Å². The molecule has 6 nitrogen and oxygen atoms in total. The summed E-state index contributed by atoms with van der Waals surface area (Å²) in [5.41, 5.74) is 6.29. The summed E-state index contributed by atoms with van der Waals surface area (Å²) in [4.78, 5) is 15.9. The van der Waals surface area contributed by atoms with Gasteiger partial charge in [0.15, 0.2) is 11.5 Å². The van der Waals surface area contributed by atoms with Crippen LogP contribution in [0.2, 0.25) is 0 Å². The van der Waals surface area contributed by atoms with Crippen molar-refractivity contribution in [3.63, 3.8) is 0 Å². The molecule has 106 valence electrons. The number of hydrogen-bond acceptors (Lipinski definition) is 5. The number of anilines is 1. The predicted octanol–water partition coefficient (Wildman–Crippen LogP) is 1.46. The van der Waals surface area contributed by atoms with Gasteiger partial charge < -0.3 is 15.5 Å². The van der Waals surface area contributed by atoms with Crippen LogP contribution in [-0.2, 0) is 4.74 Å². The van der Waals surface area contributed by atoms with Crippen LogP contribution >= 0.6 is 0 Å². The average Bonchev–Trinajstić information content (AvgIpc) is 2.65. The molecule has 0 aromatic carbocycles. The Morgan fingerprint density at radius 1 is 1.37 bits per heavy atom. The summed E-state index contributed by atoms with van der Waals surface area (Å²) in [6.45, 7) is 6.20. The SMILES string of the molecule is COC(=O)c1nc(C)n(N2C(C)CCCC2C)c1N. The lowest BCUT2D eigenvalue weighted by molar-refractivity contribution is 0.0595. The third-order valence-corrected chi connectivity index (χ3v) is 3.81. The molecule has 1 aliphatic rings. The minimum atomic E-state index is -0.489. The fourth-order valence-corrected chi connectivity index (χ4v) is 2.88. The Labute approximate surface area is 113 Å². The Balaban J connectivity index is 2.44. The van der Waals surface area contributed by atoms with E-state index in [2.05, 4.69) is 23.8 Å². The summed E-state index contributed by atoms with van der Waals surface area (Å²) >= 11 is 0. The highest BCUT2D eigenvalue weighted by atomic mass is 16.5. The Kier molecular flexibility index (Phi) is 3.68. The number of nitrogens with zero attached hydrogens (tertiary/aromatic N) is 3. The van der Waals surface area contributed by atoms with Crippen LogP contribution in [0.4, 0.5) is 5.82 Å². The van der Waals surface area contributed by atoms with Crippen LogP contribution < -0.4 is 10.7 Å². The highest BCUT2D eigenvalue weighted by Gasteiger charge is 2.30. The molecule has 2 unspecified atom stereocenters. The maximum atomic E-state index is 11.6. The zero-order valence-electron chi connectivity index (χ0n) is 12.0. The lowest BCUT2D eigenvalue weighted by atomic mass is 10.00. The molecule has 1 aliphatic heterocycles. The van der Waals surface area contributed by atoms with Gasteiger partial charge in [-0.05, 0) is 40.0 Å². The van der Waals surface area contributed by atoms with Gasteiger partial charge in [-0.25, -0.2) is 14.5 Å². The number of methoxy groups -OCH3 is 1. The van der Waals surface area contributed by atoms with Gasteiger partial charge in [0.25, 0.3) is 0 Å².